The fourth-order valence-corrected chi connectivity index (χ4v) is 2.55. The Hall–Kier alpha value is -3.74. The first-order valence-electron chi connectivity index (χ1n) is 8.63. The van der Waals surface area contributed by atoms with Crippen molar-refractivity contribution >= 4 is 29.0 Å². The molecule has 0 radical (unpaired) electrons. The summed E-state index contributed by atoms with van der Waals surface area (Å²) >= 11 is 0. The maximum Gasteiger partial charge on any atom is 0.251 e. The van der Waals surface area contributed by atoms with E-state index < -0.39 is 0 Å². The molecule has 0 aliphatic heterocycles. The van der Waals surface area contributed by atoms with Gasteiger partial charge in [-0.15, -0.1) is 0 Å². The van der Waals surface area contributed by atoms with Gasteiger partial charge in [0.15, 0.2) is 0 Å². The van der Waals surface area contributed by atoms with E-state index in [1.165, 1.54) is 25.3 Å². The minimum atomic E-state index is -0.317. The summed E-state index contributed by atoms with van der Waals surface area (Å²) in [6.45, 7) is 1.73. The van der Waals surface area contributed by atoms with Gasteiger partial charge in [0.25, 0.3) is 5.91 Å². The second kappa shape index (κ2) is 8.77. The van der Waals surface area contributed by atoms with Crippen molar-refractivity contribution in [1.82, 2.24) is 10.3 Å². The van der Waals surface area contributed by atoms with Crippen LogP contribution in [0.1, 0.15) is 22.8 Å². The van der Waals surface area contributed by atoms with E-state index in [1.54, 1.807) is 42.5 Å². The van der Waals surface area contributed by atoms with E-state index in [9.17, 15) is 14.0 Å². The Balaban J connectivity index is 1.65. The van der Waals surface area contributed by atoms with Crippen LogP contribution in [0.5, 0.6) is 0 Å². The number of amides is 2. The van der Waals surface area contributed by atoms with Crippen molar-refractivity contribution in [2.24, 2.45) is 0 Å². The van der Waals surface area contributed by atoms with Crippen LogP contribution in [0.25, 0.3) is 0 Å². The number of anilines is 3. The minimum absolute atomic E-state index is 0.157. The predicted octanol–water partition coefficient (Wildman–Crippen LogP) is 3.85. The molecule has 142 valence electrons. The van der Waals surface area contributed by atoms with Gasteiger partial charge in [-0.25, -0.2) is 9.37 Å². The van der Waals surface area contributed by atoms with Gasteiger partial charge >= 0.3 is 0 Å². The number of hydrogen-bond donors (Lipinski definition) is 3. The fraction of sp³-hybridized carbons (Fsp3) is 0.0952. The van der Waals surface area contributed by atoms with E-state index >= 15 is 0 Å². The SMILES string of the molecule is CC(=O)Nc1cccc(Nc2cc(C(=O)NCc3ccc(F)cc3)ccn2)c1. The number of halogens is 1. The molecule has 2 aromatic carbocycles. The summed E-state index contributed by atoms with van der Waals surface area (Å²) in [4.78, 5) is 27.8. The van der Waals surface area contributed by atoms with Gasteiger partial charge in [-0.3, -0.25) is 9.59 Å². The number of nitrogens with one attached hydrogen (secondary N) is 3. The van der Waals surface area contributed by atoms with Gasteiger partial charge in [0, 0.05) is 36.6 Å². The molecule has 3 aromatic rings. The number of carbonyl (C=O) groups excluding carboxylic acids is 2. The molecular formula is C21H19FN4O2. The van der Waals surface area contributed by atoms with E-state index in [0.29, 0.717) is 23.6 Å². The van der Waals surface area contributed by atoms with Crippen LogP contribution in [0, 0.1) is 5.82 Å². The van der Waals surface area contributed by atoms with Crippen molar-refractivity contribution in [3.63, 3.8) is 0 Å². The average Bonchev–Trinajstić information content (AvgIpc) is 2.67. The second-order valence-electron chi connectivity index (χ2n) is 6.13. The molecule has 0 aliphatic carbocycles. The van der Waals surface area contributed by atoms with Crippen LogP contribution < -0.4 is 16.0 Å². The Bertz CT molecular complexity index is 990. The third-order valence-electron chi connectivity index (χ3n) is 3.84. The molecule has 7 heteroatoms. The standard InChI is InChI=1S/C21H19FN4O2/c1-14(27)25-18-3-2-4-19(12-18)26-20-11-16(9-10-23-20)21(28)24-13-15-5-7-17(22)8-6-15/h2-12H,13H2,1H3,(H,23,26)(H,24,28)(H,25,27). The van der Waals surface area contributed by atoms with Gasteiger partial charge in [-0.05, 0) is 48.0 Å². The quantitative estimate of drug-likeness (QED) is 0.608. The van der Waals surface area contributed by atoms with Gasteiger partial charge in [-0.1, -0.05) is 18.2 Å². The summed E-state index contributed by atoms with van der Waals surface area (Å²) in [5.41, 5.74) is 2.63. The molecule has 0 saturated carbocycles. The number of aromatic nitrogens is 1. The summed E-state index contributed by atoms with van der Waals surface area (Å²) in [6, 6.07) is 16.4. The Morgan fingerprint density at radius 1 is 1.00 bits per heavy atom. The number of nitrogens with zero attached hydrogens (tertiary/aromatic N) is 1. The molecular weight excluding hydrogens is 359 g/mol. The van der Waals surface area contributed by atoms with Gasteiger partial charge in [0.2, 0.25) is 5.91 Å². The molecule has 0 fully saturated rings. The third-order valence-corrected chi connectivity index (χ3v) is 3.84. The highest BCUT2D eigenvalue weighted by Gasteiger charge is 2.08. The van der Waals surface area contributed by atoms with E-state index in [0.717, 1.165) is 11.3 Å². The maximum absolute atomic E-state index is 12.9. The number of benzene rings is 2. The van der Waals surface area contributed by atoms with Crippen LogP contribution in [-0.2, 0) is 11.3 Å². The highest BCUT2D eigenvalue weighted by Crippen LogP contribution is 2.19. The molecule has 1 heterocycles. The van der Waals surface area contributed by atoms with E-state index in [4.69, 9.17) is 0 Å². The summed E-state index contributed by atoms with van der Waals surface area (Å²) < 4.78 is 12.9. The normalized spacial score (nSPS) is 10.2. The van der Waals surface area contributed by atoms with Gasteiger partial charge in [0.05, 0.1) is 0 Å². The monoisotopic (exact) mass is 378 g/mol. The summed E-state index contributed by atoms with van der Waals surface area (Å²) in [6.07, 6.45) is 1.53. The first kappa shape index (κ1) is 19.0. The zero-order valence-electron chi connectivity index (χ0n) is 15.2. The van der Waals surface area contributed by atoms with Crippen molar-refractivity contribution in [3.05, 3.63) is 83.8 Å². The van der Waals surface area contributed by atoms with Gasteiger partial charge in [0.1, 0.15) is 11.6 Å². The summed E-state index contributed by atoms with van der Waals surface area (Å²) in [7, 11) is 0. The lowest BCUT2D eigenvalue weighted by Crippen LogP contribution is -2.22. The van der Waals surface area contributed by atoms with Crippen LogP contribution in [0.15, 0.2) is 66.9 Å². The molecule has 0 aliphatic rings. The summed E-state index contributed by atoms with van der Waals surface area (Å²) in [5, 5.41) is 8.61. The first-order chi connectivity index (χ1) is 13.5. The smallest absolute Gasteiger partial charge is 0.251 e. The molecule has 1 aromatic heterocycles. The fourth-order valence-electron chi connectivity index (χ4n) is 2.55. The Morgan fingerprint density at radius 2 is 1.75 bits per heavy atom. The van der Waals surface area contributed by atoms with Crippen LogP contribution in [0.4, 0.5) is 21.6 Å². The van der Waals surface area contributed by atoms with Crippen molar-refractivity contribution in [3.8, 4) is 0 Å². The largest absolute Gasteiger partial charge is 0.348 e. The Morgan fingerprint density at radius 3 is 2.50 bits per heavy atom. The molecule has 2 amide bonds. The lowest BCUT2D eigenvalue weighted by atomic mass is 10.2. The maximum atomic E-state index is 12.9. The minimum Gasteiger partial charge on any atom is -0.348 e. The predicted molar refractivity (Wildman–Crippen MR) is 106 cm³/mol. The number of rotatable bonds is 6. The Kier molecular flexibility index (Phi) is 5.96. The lowest BCUT2D eigenvalue weighted by molar-refractivity contribution is -0.114. The zero-order chi connectivity index (χ0) is 19.9. The Labute approximate surface area is 161 Å². The third kappa shape index (κ3) is 5.38. The van der Waals surface area contributed by atoms with Crippen molar-refractivity contribution in [2.75, 3.05) is 10.6 Å². The first-order valence-corrected chi connectivity index (χ1v) is 8.63. The molecule has 0 unspecified atom stereocenters. The topological polar surface area (TPSA) is 83.1 Å². The highest BCUT2D eigenvalue weighted by molar-refractivity contribution is 5.95. The second-order valence-corrected chi connectivity index (χ2v) is 6.13. The average molecular weight is 378 g/mol. The highest BCUT2D eigenvalue weighted by atomic mass is 19.1. The molecule has 0 spiro atoms. The van der Waals surface area contributed by atoms with Crippen LogP contribution in [0.3, 0.4) is 0 Å². The molecule has 28 heavy (non-hydrogen) atoms. The lowest BCUT2D eigenvalue weighted by Gasteiger charge is -2.10. The number of pyridine rings is 1. The van der Waals surface area contributed by atoms with Crippen LogP contribution in [0.2, 0.25) is 0 Å². The van der Waals surface area contributed by atoms with Crippen LogP contribution >= 0.6 is 0 Å². The van der Waals surface area contributed by atoms with E-state index in [-0.39, 0.29) is 17.6 Å². The van der Waals surface area contributed by atoms with Crippen molar-refractivity contribution in [1.29, 1.82) is 0 Å². The zero-order valence-corrected chi connectivity index (χ0v) is 15.2. The molecule has 3 rings (SSSR count). The van der Waals surface area contributed by atoms with Gasteiger partial charge in [-0.2, -0.15) is 0 Å². The van der Waals surface area contributed by atoms with Gasteiger partial charge < -0.3 is 16.0 Å². The van der Waals surface area contributed by atoms with Crippen LogP contribution in [-0.4, -0.2) is 16.8 Å². The van der Waals surface area contributed by atoms with Crippen molar-refractivity contribution in [2.45, 2.75) is 13.5 Å². The number of carbonyl (C=O) groups is 2. The summed E-state index contributed by atoms with van der Waals surface area (Å²) in [5.74, 6) is -0.242. The molecule has 6 nitrogen and oxygen atoms in total. The molecule has 0 saturated heterocycles. The van der Waals surface area contributed by atoms with E-state index in [2.05, 4.69) is 20.9 Å². The van der Waals surface area contributed by atoms with E-state index in [1.807, 2.05) is 6.07 Å². The number of hydrogen-bond acceptors (Lipinski definition) is 4. The van der Waals surface area contributed by atoms with Crippen molar-refractivity contribution < 1.29 is 14.0 Å². The molecule has 0 bridgehead atoms. The molecule has 0 atom stereocenters. The molecule has 3 N–H and O–H groups in total.